The number of carbonyl (C=O) groups excluding carboxylic acids is 2. The summed E-state index contributed by atoms with van der Waals surface area (Å²) in [4.78, 5) is 28.9. The molecule has 3 amide bonds. The van der Waals surface area contributed by atoms with E-state index in [2.05, 4.69) is 18.2 Å². The number of hydrogen-bond donors (Lipinski definition) is 2. The van der Waals surface area contributed by atoms with Crippen LogP contribution in [0.25, 0.3) is 5.57 Å². The molecular weight excluding hydrogens is 422 g/mol. The van der Waals surface area contributed by atoms with Crippen molar-refractivity contribution in [2.24, 2.45) is 0 Å². The number of benzene rings is 2. The maximum atomic E-state index is 13.6. The molecule has 2 aromatic carbocycles. The van der Waals surface area contributed by atoms with E-state index in [0.29, 0.717) is 51.6 Å². The fraction of sp³-hybridized carbons (Fsp3) is 0.360. The highest BCUT2D eigenvalue weighted by molar-refractivity contribution is 5.94. The second kappa shape index (κ2) is 10.6. The number of carbonyl (C=O) groups is 2. The summed E-state index contributed by atoms with van der Waals surface area (Å²) in [6.07, 6.45) is 2.93. The van der Waals surface area contributed by atoms with Crippen LogP contribution in [-0.2, 0) is 16.0 Å². The van der Waals surface area contributed by atoms with Crippen molar-refractivity contribution in [1.29, 1.82) is 0 Å². The molecule has 4 rings (SSSR count). The van der Waals surface area contributed by atoms with Gasteiger partial charge in [0.05, 0.1) is 33.0 Å². The normalized spacial score (nSPS) is 16.2. The molecular formula is C25H29N3O5. The minimum Gasteiger partial charge on any atom is -0.378 e. The number of nitrogens with one attached hydrogen (secondary N) is 1. The van der Waals surface area contributed by atoms with E-state index >= 15 is 0 Å². The maximum absolute atomic E-state index is 13.6. The molecule has 2 aliphatic heterocycles. The van der Waals surface area contributed by atoms with Gasteiger partial charge in [0.2, 0.25) is 0 Å². The number of hydroxylamine groups is 1. The summed E-state index contributed by atoms with van der Waals surface area (Å²) in [7, 11) is 0. The molecule has 0 aromatic heterocycles. The van der Waals surface area contributed by atoms with Gasteiger partial charge in [-0.3, -0.25) is 14.9 Å². The lowest BCUT2D eigenvalue weighted by Gasteiger charge is -2.33. The molecule has 2 N–H and O–H groups in total. The predicted octanol–water partition coefficient (Wildman–Crippen LogP) is 3.38. The zero-order chi connectivity index (χ0) is 23.2. The van der Waals surface area contributed by atoms with Crippen LogP contribution in [0.2, 0.25) is 0 Å². The Morgan fingerprint density at radius 2 is 1.91 bits per heavy atom. The second-order valence-electron chi connectivity index (χ2n) is 8.15. The molecule has 1 fully saturated rings. The molecule has 0 aliphatic carbocycles. The van der Waals surface area contributed by atoms with Crippen molar-refractivity contribution in [2.45, 2.75) is 19.9 Å². The molecule has 0 radical (unpaired) electrons. The van der Waals surface area contributed by atoms with Crippen LogP contribution in [-0.4, -0.2) is 61.6 Å². The smallest absolute Gasteiger partial charge is 0.324 e. The number of hydrogen-bond acceptors (Lipinski definition) is 5. The van der Waals surface area contributed by atoms with Gasteiger partial charge >= 0.3 is 6.03 Å². The van der Waals surface area contributed by atoms with E-state index in [1.165, 1.54) is 5.57 Å². The van der Waals surface area contributed by atoms with E-state index in [9.17, 15) is 9.59 Å². The predicted molar refractivity (Wildman–Crippen MR) is 124 cm³/mol. The van der Waals surface area contributed by atoms with Crippen LogP contribution in [0.15, 0.2) is 48.5 Å². The first-order valence-electron chi connectivity index (χ1n) is 11.1. The van der Waals surface area contributed by atoms with Crippen LogP contribution < -0.4 is 10.4 Å². The molecule has 0 bridgehead atoms. The third-order valence-electron chi connectivity index (χ3n) is 6.04. The van der Waals surface area contributed by atoms with E-state index in [1.54, 1.807) is 22.5 Å². The number of urea groups is 1. The molecule has 0 unspecified atom stereocenters. The SMILES string of the molecule is Cc1cc(C(=O)NO)ccc1CN(C(=O)N1CCOCC1)c1cccc(C2=CCOCC2)c1. The number of nitrogens with zero attached hydrogens (tertiary/aromatic N) is 2. The van der Waals surface area contributed by atoms with Crippen molar-refractivity contribution in [2.75, 3.05) is 44.4 Å². The van der Waals surface area contributed by atoms with E-state index in [1.807, 2.05) is 30.0 Å². The van der Waals surface area contributed by atoms with Gasteiger partial charge in [-0.2, -0.15) is 0 Å². The number of morpholine rings is 1. The largest absolute Gasteiger partial charge is 0.378 e. The summed E-state index contributed by atoms with van der Waals surface area (Å²) in [5, 5.41) is 8.91. The monoisotopic (exact) mass is 451 g/mol. The van der Waals surface area contributed by atoms with Gasteiger partial charge in [0, 0.05) is 24.3 Å². The first-order chi connectivity index (χ1) is 16.1. The Bertz CT molecular complexity index is 1050. The third kappa shape index (κ3) is 5.42. The Labute approximate surface area is 193 Å². The zero-order valence-electron chi connectivity index (χ0n) is 18.8. The van der Waals surface area contributed by atoms with E-state index in [4.69, 9.17) is 14.7 Å². The lowest BCUT2D eigenvalue weighted by Crippen LogP contribution is -2.48. The Morgan fingerprint density at radius 3 is 2.61 bits per heavy atom. The van der Waals surface area contributed by atoms with Gasteiger partial charge in [-0.25, -0.2) is 10.3 Å². The summed E-state index contributed by atoms with van der Waals surface area (Å²) in [6, 6.07) is 13.1. The minimum atomic E-state index is -0.566. The molecule has 174 valence electrons. The van der Waals surface area contributed by atoms with Crippen molar-refractivity contribution < 1.29 is 24.3 Å². The topological polar surface area (TPSA) is 91.3 Å². The molecule has 0 spiro atoms. The van der Waals surface area contributed by atoms with Gasteiger partial charge < -0.3 is 14.4 Å². The van der Waals surface area contributed by atoms with E-state index in [0.717, 1.165) is 28.8 Å². The second-order valence-corrected chi connectivity index (χ2v) is 8.15. The van der Waals surface area contributed by atoms with Crippen LogP contribution in [0.5, 0.6) is 0 Å². The van der Waals surface area contributed by atoms with Crippen molar-refractivity contribution in [1.82, 2.24) is 10.4 Å². The number of rotatable bonds is 5. The number of anilines is 1. The summed E-state index contributed by atoms with van der Waals surface area (Å²) in [6.45, 7) is 5.69. The molecule has 0 saturated carbocycles. The number of amides is 3. The number of ether oxygens (including phenoxy) is 2. The summed E-state index contributed by atoms with van der Waals surface area (Å²) in [5.74, 6) is -0.566. The maximum Gasteiger partial charge on any atom is 0.324 e. The van der Waals surface area contributed by atoms with Crippen molar-refractivity contribution >= 4 is 23.2 Å². The standard InChI is InChI=1S/C25H29N3O5/c1-18-15-21(24(29)26-31)5-6-22(18)17-28(25(30)27-9-13-33-14-10-27)23-4-2-3-20(16-23)19-7-11-32-12-8-19/h2-7,15-16,31H,8-14,17H2,1H3,(H,26,29). The lowest BCUT2D eigenvalue weighted by molar-refractivity contribution is 0.0548. The third-order valence-corrected chi connectivity index (χ3v) is 6.04. The fourth-order valence-electron chi connectivity index (χ4n) is 4.11. The summed E-state index contributed by atoms with van der Waals surface area (Å²) in [5.41, 5.74) is 6.91. The zero-order valence-corrected chi connectivity index (χ0v) is 18.8. The van der Waals surface area contributed by atoms with Gasteiger partial charge in [-0.05, 0) is 59.9 Å². The van der Waals surface area contributed by atoms with E-state index in [-0.39, 0.29) is 6.03 Å². The van der Waals surface area contributed by atoms with Gasteiger partial charge in [-0.15, -0.1) is 0 Å². The molecule has 2 aliphatic rings. The average Bonchev–Trinajstić information content (AvgIpc) is 2.88. The molecule has 2 heterocycles. The highest BCUT2D eigenvalue weighted by atomic mass is 16.5. The van der Waals surface area contributed by atoms with Crippen LogP contribution >= 0.6 is 0 Å². The van der Waals surface area contributed by atoms with Crippen molar-refractivity contribution in [3.8, 4) is 0 Å². The Hall–Kier alpha value is -3.20. The first-order valence-corrected chi connectivity index (χ1v) is 11.1. The minimum absolute atomic E-state index is 0.0759. The van der Waals surface area contributed by atoms with Crippen LogP contribution in [0.3, 0.4) is 0 Å². The molecule has 8 heteroatoms. The highest BCUT2D eigenvalue weighted by Gasteiger charge is 2.25. The van der Waals surface area contributed by atoms with Gasteiger partial charge in [-0.1, -0.05) is 24.3 Å². The molecule has 1 saturated heterocycles. The van der Waals surface area contributed by atoms with Crippen molar-refractivity contribution in [3.63, 3.8) is 0 Å². The summed E-state index contributed by atoms with van der Waals surface area (Å²) >= 11 is 0. The van der Waals surface area contributed by atoms with Gasteiger partial charge in [0.1, 0.15) is 0 Å². The van der Waals surface area contributed by atoms with Gasteiger partial charge in [0.15, 0.2) is 0 Å². The van der Waals surface area contributed by atoms with Gasteiger partial charge in [0.25, 0.3) is 5.91 Å². The quantitative estimate of drug-likeness (QED) is 0.537. The first kappa shape index (κ1) is 23.0. The Morgan fingerprint density at radius 1 is 1.09 bits per heavy atom. The number of aryl methyl sites for hydroxylation is 1. The molecule has 0 atom stereocenters. The molecule has 8 nitrogen and oxygen atoms in total. The highest BCUT2D eigenvalue weighted by Crippen LogP contribution is 2.28. The average molecular weight is 452 g/mol. The Balaban J connectivity index is 1.66. The lowest BCUT2D eigenvalue weighted by atomic mass is 10.0. The van der Waals surface area contributed by atoms with Crippen LogP contribution in [0.4, 0.5) is 10.5 Å². The summed E-state index contributed by atoms with van der Waals surface area (Å²) < 4.78 is 10.9. The Kier molecular flexibility index (Phi) is 7.39. The van der Waals surface area contributed by atoms with Crippen LogP contribution in [0, 0.1) is 6.92 Å². The molecule has 2 aromatic rings. The molecule has 33 heavy (non-hydrogen) atoms. The van der Waals surface area contributed by atoms with E-state index < -0.39 is 5.91 Å². The van der Waals surface area contributed by atoms with Crippen molar-refractivity contribution in [3.05, 3.63) is 70.8 Å². The fourth-order valence-corrected chi connectivity index (χ4v) is 4.11. The van der Waals surface area contributed by atoms with Crippen LogP contribution in [0.1, 0.15) is 33.5 Å².